The number of hydrogen-bond acceptors (Lipinski definition) is 2. The van der Waals surface area contributed by atoms with Gasteiger partial charge in [-0.05, 0) is 36.4 Å². The first-order chi connectivity index (χ1) is 9.29. The van der Waals surface area contributed by atoms with E-state index in [0.29, 0.717) is 5.75 Å². The van der Waals surface area contributed by atoms with Crippen molar-refractivity contribution in [3.05, 3.63) is 66.0 Å². The van der Waals surface area contributed by atoms with Crippen LogP contribution in [0.5, 0.6) is 5.75 Å². The standard InChI is InChI=1S/C16H18FNO/c1-2-18-12-16(13-6-4-3-5-7-13)19-15-10-8-14(17)9-11-15/h3-11,16,18H,2,12H2,1H3. The quantitative estimate of drug-likeness (QED) is 0.856. The van der Waals surface area contributed by atoms with Gasteiger partial charge >= 0.3 is 0 Å². The molecule has 0 fully saturated rings. The van der Waals surface area contributed by atoms with Gasteiger partial charge in [-0.15, -0.1) is 0 Å². The minimum Gasteiger partial charge on any atom is -0.484 e. The Kier molecular flexibility index (Phi) is 4.93. The van der Waals surface area contributed by atoms with E-state index in [0.717, 1.165) is 18.7 Å². The summed E-state index contributed by atoms with van der Waals surface area (Å²) in [5, 5.41) is 3.28. The molecule has 0 aliphatic heterocycles. The van der Waals surface area contributed by atoms with Crippen molar-refractivity contribution >= 4 is 0 Å². The molecule has 0 bridgehead atoms. The second kappa shape index (κ2) is 6.90. The molecule has 0 spiro atoms. The summed E-state index contributed by atoms with van der Waals surface area (Å²) >= 11 is 0. The molecule has 0 saturated carbocycles. The number of benzene rings is 2. The first kappa shape index (κ1) is 13.6. The second-order valence-corrected chi connectivity index (χ2v) is 4.28. The van der Waals surface area contributed by atoms with E-state index < -0.39 is 0 Å². The van der Waals surface area contributed by atoms with E-state index in [1.54, 1.807) is 12.1 Å². The van der Waals surface area contributed by atoms with Gasteiger partial charge in [0.1, 0.15) is 17.7 Å². The fraction of sp³-hybridized carbons (Fsp3) is 0.250. The zero-order chi connectivity index (χ0) is 13.5. The Labute approximate surface area is 113 Å². The van der Waals surface area contributed by atoms with Gasteiger partial charge in [0.2, 0.25) is 0 Å². The van der Waals surface area contributed by atoms with Gasteiger partial charge in [-0.25, -0.2) is 4.39 Å². The van der Waals surface area contributed by atoms with Crippen LogP contribution in [0, 0.1) is 5.82 Å². The molecule has 0 amide bonds. The molecule has 19 heavy (non-hydrogen) atoms. The van der Waals surface area contributed by atoms with E-state index in [-0.39, 0.29) is 11.9 Å². The Morgan fingerprint density at radius 1 is 1.05 bits per heavy atom. The fourth-order valence-electron chi connectivity index (χ4n) is 1.85. The lowest BCUT2D eigenvalue weighted by atomic mass is 10.1. The van der Waals surface area contributed by atoms with Crippen LogP contribution in [0.3, 0.4) is 0 Å². The molecule has 3 heteroatoms. The summed E-state index contributed by atoms with van der Waals surface area (Å²) in [6, 6.07) is 16.1. The van der Waals surface area contributed by atoms with Crippen molar-refractivity contribution in [3.63, 3.8) is 0 Å². The number of nitrogens with one attached hydrogen (secondary N) is 1. The first-order valence-corrected chi connectivity index (χ1v) is 6.47. The number of likely N-dealkylation sites (N-methyl/N-ethyl adjacent to an activating group) is 1. The Morgan fingerprint density at radius 3 is 2.37 bits per heavy atom. The topological polar surface area (TPSA) is 21.3 Å². The van der Waals surface area contributed by atoms with Crippen molar-refractivity contribution in [3.8, 4) is 5.75 Å². The molecule has 2 rings (SSSR count). The summed E-state index contributed by atoms with van der Waals surface area (Å²) in [7, 11) is 0. The van der Waals surface area contributed by atoms with Gasteiger partial charge in [-0.3, -0.25) is 0 Å². The lowest BCUT2D eigenvalue weighted by molar-refractivity contribution is 0.202. The number of rotatable bonds is 6. The molecular formula is C16H18FNO. The van der Waals surface area contributed by atoms with Crippen LogP contribution in [0.1, 0.15) is 18.6 Å². The van der Waals surface area contributed by atoms with Gasteiger partial charge in [0.25, 0.3) is 0 Å². The maximum absolute atomic E-state index is 12.9. The lowest BCUT2D eigenvalue weighted by Gasteiger charge is -2.20. The summed E-state index contributed by atoms with van der Waals surface area (Å²) < 4.78 is 18.8. The van der Waals surface area contributed by atoms with E-state index in [1.807, 2.05) is 30.3 Å². The van der Waals surface area contributed by atoms with E-state index in [1.165, 1.54) is 12.1 Å². The average Bonchev–Trinajstić information content (AvgIpc) is 2.46. The van der Waals surface area contributed by atoms with Crippen molar-refractivity contribution in [1.29, 1.82) is 0 Å². The average molecular weight is 259 g/mol. The number of halogens is 1. The predicted octanol–water partition coefficient (Wildman–Crippen LogP) is 3.56. The van der Waals surface area contributed by atoms with Crippen LogP contribution in [0.25, 0.3) is 0 Å². The predicted molar refractivity (Wildman–Crippen MR) is 74.8 cm³/mol. The highest BCUT2D eigenvalue weighted by Crippen LogP contribution is 2.21. The SMILES string of the molecule is CCNCC(Oc1ccc(F)cc1)c1ccccc1. The Balaban J connectivity index is 2.11. The number of hydrogen-bond donors (Lipinski definition) is 1. The molecular weight excluding hydrogens is 241 g/mol. The molecule has 100 valence electrons. The maximum atomic E-state index is 12.9. The highest BCUT2D eigenvalue weighted by atomic mass is 19.1. The molecule has 1 N–H and O–H groups in total. The third kappa shape index (κ3) is 4.07. The molecule has 2 nitrogen and oxygen atoms in total. The largest absolute Gasteiger partial charge is 0.484 e. The van der Waals surface area contributed by atoms with Crippen molar-refractivity contribution in [2.24, 2.45) is 0 Å². The molecule has 0 aliphatic rings. The fourth-order valence-corrected chi connectivity index (χ4v) is 1.85. The number of ether oxygens (including phenoxy) is 1. The van der Waals surface area contributed by atoms with Crippen LogP contribution in [0.2, 0.25) is 0 Å². The first-order valence-electron chi connectivity index (χ1n) is 6.47. The highest BCUT2D eigenvalue weighted by molar-refractivity contribution is 5.25. The third-order valence-corrected chi connectivity index (χ3v) is 2.84. The molecule has 0 aliphatic carbocycles. The maximum Gasteiger partial charge on any atom is 0.136 e. The Bertz CT molecular complexity index is 484. The normalized spacial score (nSPS) is 12.1. The summed E-state index contributed by atoms with van der Waals surface area (Å²) in [5.74, 6) is 0.420. The van der Waals surface area contributed by atoms with E-state index in [2.05, 4.69) is 12.2 Å². The second-order valence-electron chi connectivity index (χ2n) is 4.28. The highest BCUT2D eigenvalue weighted by Gasteiger charge is 2.12. The minimum atomic E-state index is -0.254. The Morgan fingerprint density at radius 2 is 1.74 bits per heavy atom. The van der Waals surface area contributed by atoms with Gasteiger partial charge in [-0.2, -0.15) is 0 Å². The summed E-state index contributed by atoms with van der Waals surface area (Å²) in [6.07, 6.45) is -0.0772. The van der Waals surface area contributed by atoms with E-state index in [4.69, 9.17) is 4.74 Å². The van der Waals surface area contributed by atoms with Gasteiger partial charge in [0, 0.05) is 6.54 Å². The summed E-state index contributed by atoms with van der Waals surface area (Å²) in [4.78, 5) is 0. The van der Waals surface area contributed by atoms with Gasteiger partial charge in [-0.1, -0.05) is 37.3 Å². The molecule has 1 unspecified atom stereocenters. The van der Waals surface area contributed by atoms with Crippen molar-refractivity contribution < 1.29 is 9.13 Å². The molecule has 0 saturated heterocycles. The molecule has 2 aromatic rings. The van der Waals surface area contributed by atoms with Crippen LogP contribution < -0.4 is 10.1 Å². The lowest BCUT2D eigenvalue weighted by Crippen LogP contribution is -2.24. The summed E-state index contributed by atoms with van der Waals surface area (Å²) in [5.41, 5.74) is 1.10. The van der Waals surface area contributed by atoms with Crippen LogP contribution >= 0.6 is 0 Å². The molecule has 0 heterocycles. The molecule has 2 aromatic carbocycles. The Hall–Kier alpha value is -1.87. The van der Waals surface area contributed by atoms with E-state index in [9.17, 15) is 4.39 Å². The van der Waals surface area contributed by atoms with Crippen LogP contribution in [0.15, 0.2) is 54.6 Å². The van der Waals surface area contributed by atoms with Crippen molar-refractivity contribution in [1.82, 2.24) is 5.32 Å². The van der Waals surface area contributed by atoms with E-state index >= 15 is 0 Å². The summed E-state index contributed by atoms with van der Waals surface area (Å²) in [6.45, 7) is 3.66. The van der Waals surface area contributed by atoms with Crippen LogP contribution in [0.4, 0.5) is 4.39 Å². The van der Waals surface area contributed by atoms with Crippen molar-refractivity contribution in [2.75, 3.05) is 13.1 Å². The molecule has 0 aromatic heterocycles. The van der Waals surface area contributed by atoms with Gasteiger partial charge in [0.15, 0.2) is 0 Å². The van der Waals surface area contributed by atoms with Crippen molar-refractivity contribution in [2.45, 2.75) is 13.0 Å². The smallest absolute Gasteiger partial charge is 0.136 e. The molecule has 1 atom stereocenters. The van der Waals surface area contributed by atoms with Crippen LogP contribution in [-0.4, -0.2) is 13.1 Å². The monoisotopic (exact) mass is 259 g/mol. The zero-order valence-electron chi connectivity index (χ0n) is 11.0. The van der Waals surface area contributed by atoms with Gasteiger partial charge < -0.3 is 10.1 Å². The van der Waals surface area contributed by atoms with Gasteiger partial charge in [0.05, 0.1) is 0 Å². The van der Waals surface area contributed by atoms with Crippen LogP contribution in [-0.2, 0) is 0 Å². The minimum absolute atomic E-state index is 0.0772. The third-order valence-electron chi connectivity index (χ3n) is 2.84. The zero-order valence-corrected chi connectivity index (χ0v) is 11.0. The molecule has 0 radical (unpaired) electrons.